The lowest BCUT2D eigenvalue weighted by Crippen LogP contribution is -2.27. The zero-order valence-corrected chi connectivity index (χ0v) is 12.9. The summed E-state index contributed by atoms with van der Waals surface area (Å²) >= 11 is 3.62. The summed E-state index contributed by atoms with van der Waals surface area (Å²) in [6.45, 7) is 5.24. The van der Waals surface area contributed by atoms with E-state index in [1.165, 1.54) is 5.75 Å². The van der Waals surface area contributed by atoms with Gasteiger partial charge >= 0.3 is 0 Å². The molecule has 0 radical (unpaired) electrons. The molecule has 0 bridgehead atoms. The van der Waals surface area contributed by atoms with Crippen LogP contribution < -0.4 is 5.32 Å². The van der Waals surface area contributed by atoms with Crippen molar-refractivity contribution in [1.29, 1.82) is 0 Å². The average Bonchev–Trinajstić information content (AvgIpc) is 2.93. The first-order valence-corrected chi connectivity index (χ1v) is 8.50. The van der Waals surface area contributed by atoms with E-state index in [2.05, 4.69) is 34.5 Å². The van der Waals surface area contributed by atoms with Gasteiger partial charge in [-0.3, -0.25) is 4.98 Å². The summed E-state index contributed by atoms with van der Waals surface area (Å²) in [5.74, 6) is 2.32. The number of thioether (sulfide) groups is 1. The smallest absolute Gasteiger partial charge is 0.142 e. The maximum Gasteiger partial charge on any atom is 0.142 e. The van der Waals surface area contributed by atoms with Crippen LogP contribution >= 0.6 is 23.1 Å². The van der Waals surface area contributed by atoms with Crippen LogP contribution in [-0.2, 0) is 6.54 Å². The summed E-state index contributed by atoms with van der Waals surface area (Å²) in [4.78, 5) is 8.94. The van der Waals surface area contributed by atoms with E-state index in [0.717, 1.165) is 28.7 Å². The molecule has 1 N–H and O–H groups in total. The lowest BCUT2D eigenvalue weighted by atomic mass is 10.3. The minimum Gasteiger partial charge on any atom is -0.308 e. The third-order valence-corrected chi connectivity index (χ3v) is 4.70. The minimum atomic E-state index is 0.518. The van der Waals surface area contributed by atoms with Crippen LogP contribution in [0.4, 0.5) is 0 Å². The van der Waals surface area contributed by atoms with Gasteiger partial charge in [0.05, 0.1) is 11.4 Å². The number of thiazole rings is 1. The van der Waals surface area contributed by atoms with Crippen LogP contribution in [0.2, 0.25) is 0 Å². The lowest BCUT2D eigenvalue weighted by molar-refractivity contribution is 0.590. The first kappa shape index (κ1) is 14.5. The van der Waals surface area contributed by atoms with Crippen LogP contribution in [0.15, 0.2) is 29.8 Å². The van der Waals surface area contributed by atoms with Crippen molar-refractivity contribution in [1.82, 2.24) is 15.3 Å². The van der Waals surface area contributed by atoms with Crippen LogP contribution in [0.3, 0.4) is 0 Å². The van der Waals surface area contributed by atoms with Crippen LogP contribution in [0, 0.1) is 0 Å². The van der Waals surface area contributed by atoms with Crippen LogP contribution in [0.25, 0.3) is 10.7 Å². The molecule has 2 aromatic rings. The van der Waals surface area contributed by atoms with Crippen molar-refractivity contribution in [2.45, 2.75) is 26.4 Å². The van der Waals surface area contributed by atoms with E-state index in [1.807, 2.05) is 30.0 Å². The Balaban J connectivity index is 1.88. The molecular weight excluding hydrogens is 274 g/mol. The van der Waals surface area contributed by atoms with E-state index in [4.69, 9.17) is 0 Å². The quantitative estimate of drug-likeness (QED) is 0.848. The van der Waals surface area contributed by atoms with Gasteiger partial charge in [-0.1, -0.05) is 13.0 Å². The molecule has 3 nitrogen and oxygen atoms in total. The second kappa shape index (κ2) is 7.62. The molecule has 1 unspecified atom stereocenters. The molecule has 0 saturated carbocycles. The number of nitrogens with zero attached hydrogens (tertiary/aromatic N) is 2. The third kappa shape index (κ3) is 4.60. The molecule has 2 rings (SSSR count). The molecule has 0 aliphatic rings. The highest BCUT2D eigenvalue weighted by Gasteiger charge is 2.06. The number of pyridine rings is 1. The van der Waals surface area contributed by atoms with Gasteiger partial charge in [-0.15, -0.1) is 11.3 Å². The maximum atomic E-state index is 4.62. The highest BCUT2D eigenvalue weighted by Crippen LogP contribution is 2.21. The van der Waals surface area contributed by atoms with E-state index in [1.54, 1.807) is 17.5 Å². The van der Waals surface area contributed by atoms with E-state index in [0.29, 0.717) is 6.04 Å². The van der Waals surface area contributed by atoms with E-state index >= 15 is 0 Å². The zero-order chi connectivity index (χ0) is 13.5. The van der Waals surface area contributed by atoms with Gasteiger partial charge in [-0.05, 0) is 24.8 Å². The molecule has 0 fully saturated rings. The predicted octanol–water partition coefficient (Wildman–Crippen LogP) is 3.44. The lowest BCUT2D eigenvalue weighted by Gasteiger charge is -2.11. The number of rotatable bonds is 7. The van der Waals surface area contributed by atoms with Gasteiger partial charge in [-0.2, -0.15) is 11.8 Å². The van der Waals surface area contributed by atoms with Gasteiger partial charge in [0, 0.05) is 29.9 Å². The van der Waals surface area contributed by atoms with Gasteiger partial charge in [0.1, 0.15) is 5.01 Å². The van der Waals surface area contributed by atoms with Gasteiger partial charge < -0.3 is 5.32 Å². The fourth-order valence-corrected chi connectivity index (χ4v) is 3.13. The van der Waals surface area contributed by atoms with Crippen molar-refractivity contribution < 1.29 is 0 Å². The fraction of sp³-hybridized carbons (Fsp3) is 0.429. The second-order valence-corrected chi connectivity index (χ2v) is 6.48. The summed E-state index contributed by atoms with van der Waals surface area (Å²) < 4.78 is 0. The molecule has 5 heteroatoms. The Hall–Kier alpha value is -0.910. The van der Waals surface area contributed by atoms with E-state index < -0.39 is 0 Å². The zero-order valence-electron chi connectivity index (χ0n) is 11.3. The van der Waals surface area contributed by atoms with Gasteiger partial charge in [-0.25, -0.2) is 4.98 Å². The van der Waals surface area contributed by atoms with Crippen molar-refractivity contribution in [3.05, 3.63) is 35.5 Å². The fourth-order valence-electron chi connectivity index (χ4n) is 1.63. The largest absolute Gasteiger partial charge is 0.308 e. The topological polar surface area (TPSA) is 37.8 Å². The molecule has 19 heavy (non-hydrogen) atoms. The molecule has 0 aliphatic carbocycles. The van der Waals surface area contributed by atoms with Crippen LogP contribution in [-0.4, -0.2) is 27.5 Å². The number of aromatic nitrogens is 2. The van der Waals surface area contributed by atoms with Crippen molar-refractivity contribution in [3.8, 4) is 10.7 Å². The van der Waals surface area contributed by atoms with E-state index in [9.17, 15) is 0 Å². The monoisotopic (exact) mass is 293 g/mol. The summed E-state index contributed by atoms with van der Waals surface area (Å²) in [5.41, 5.74) is 2.05. The number of hydrogen-bond acceptors (Lipinski definition) is 5. The Labute approximate surface area is 122 Å². The predicted molar refractivity (Wildman–Crippen MR) is 84.6 cm³/mol. The first-order chi connectivity index (χ1) is 9.29. The molecule has 2 aromatic heterocycles. The van der Waals surface area contributed by atoms with Gasteiger partial charge in [0.2, 0.25) is 0 Å². The number of nitrogens with one attached hydrogen (secondary N) is 1. The highest BCUT2D eigenvalue weighted by molar-refractivity contribution is 7.99. The Morgan fingerprint density at radius 2 is 2.32 bits per heavy atom. The van der Waals surface area contributed by atoms with Crippen molar-refractivity contribution in [2.24, 2.45) is 0 Å². The third-order valence-electron chi connectivity index (χ3n) is 2.64. The summed E-state index contributed by atoms with van der Waals surface area (Å²) in [6.07, 6.45) is 1.80. The number of hydrogen-bond donors (Lipinski definition) is 1. The maximum absolute atomic E-state index is 4.62. The normalized spacial score (nSPS) is 12.5. The minimum absolute atomic E-state index is 0.518. The Bertz CT molecular complexity index is 484. The highest BCUT2D eigenvalue weighted by atomic mass is 32.2. The molecule has 0 amide bonds. The van der Waals surface area contributed by atoms with Crippen LogP contribution in [0.5, 0.6) is 0 Å². The summed E-state index contributed by atoms with van der Waals surface area (Å²) in [5, 5.41) is 6.60. The van der Waals surface area contributed by atoms with Gasteiger partial charge in [0.15, 0.2) is 0 Å². The molecular formula is C14H19N3S2. The Kier molecular flexibility index (Phi) is 5.82. The van der Waals surface area contributed by atoms with Crippen molar-refractivity contribution in [2.75, 3.05) is 11.5 Å². The summed E-state index contributed by atoms with van der Waals surface area (Å²) in [7, 11) is 0. The van der Waals surface area contributed by atoms with Crippen LogP contribution in [0.1, 0.15) is 19.5 Å². The Morgan fingerprint density at radius 3 is 3.05 bits per heavy atom. The average molecular weight is 293 g/mol. The molecule has 1 atom stereocenters. The molecule has 102 valence electrons. The molecule has 2 heterocycles. The van der Waals surface area contributed by atoms with Crippen molar-refractivity contribution >= 4 is 23.1 Å². The summed E-state index contributed by atoms with van der Waals surface area (Å²) in [6, 6.07) is 6.43. The molecule has 0 spiro atoms. The molecule has 0 saturated heterocycles. The Morgan fingerprint density at radius 1 is 1.42 bits per heavy atom. The molecule has 0 aromatic carbocycles. The van der Waals surface area contributed by atoms with E-state index in [-0.39, 0.29) is 0 Å². The van der Waals surface area contributed by atoms with Gasteiger partial charge in [0.25, 0.3) is 0 Å². The first-order valence-electron chi connectivity index (χ1n) is 6.46. The second-order valence-electron chi connectivity index (χ2n) is 4.30. The molecule has 0 aliphatic heterocycles. The van der Waals surface area contributed by atoms with Crippen molar-refractivity contribution in [3.63, 3.8) is 0 Å². The SMILES string of the molecule is CCSCC(C)NCc1csc(-c2ccccn2)n1. The standard InChI is InChI=1S/C14H19N3S2/c1-3-18-9-11(2)16-8-12-10-19-14(17-12)13-6-4-5-7-15-13/h4-7,10-11,16H,3,8-9H2,1-2H3.